The first-order valence-corrected chi connectivity index (χ1v) is 6.76. The molecule has 0 aliphatic rings. The Kier molecular flexibility index (Phi) is 3.75. The van der Waals surface area contributed by atoms with Crippen LogP contribution < -0.4 is 4.74 Å². The van der Waals surface area contributed by atoms with Crippen LogP contribution in [0, 0.1) is 6.92 Å². The predicted octanol–water partition coefficient (Wildman–Crippen LogP) is 4.39. The standard InChI is InChI=1S/C15H16OS/c1-11-10-12(8-9-14(11)16-2)13-6-4-5-7-15(13)17-3/h4-10H,1-3H3. The third-order valence-corrected chi connectivity index (χ3v) is 3.61. The lowest BCUT2D eigenvalue weighted by Crippen LogP contribution is -1.88. The Morgan fingerprint density at radius 1 is 1.06 bits per heavy atom. The average molecular weight is 244 g/mol. The van der Waals surface area contributed by atoms with Crippen LogP contribution in [0.1, 0.15) is 5.56 Å². The van der Waals surface area contributed by atoms with Gasteiger partial charge in [-0.2, -0.15) is 0 Å². The molecule has 0 aromatic heterocycles. The van der Waals surface area contributed by atoms with Gasteiger partial charge in [-0.25, -0.2) is 0 Å². The first-order chi connectivity index (χ1) is 8.26. The molecule has 0 saturated carbocycles. The van der Waals surface area contributed by atoms with Gasteiger partial charge in [-0.1, -0.05) is 24.3 Å². The van der Waals surface area contributed by atoms with Crippen molar-refractivity contribution >= 4 is 11.8 Å². The molecule has 2 aromatic rings. The molecule has 0 fully saturated rings. The van der Waals surface area contributed by atoms with Crippen LogP contribution in [0.5, 0.6) is 5.75 Å². The van der Waals surface area contributed by atoms with Crippen molar-refractivity contribution < 1.29 is 4.74 Å². The summed E-state index contributed by atoms with van der Waals surface area (Å²) in [7, 11) is 1.71. The topological polar surface area (TPSA) is 9.23 Å². The smallest absolute Gasteiger partial charge is 0.121 e. The van der Waals surface area contributed by atoms with Crippen molar-refractivity contribution in [2.24, 2.45) is 0 Å². The Labute approximate surface area is 107 Å². The highest BCUT2D eigenvalue weighted by Gasteiger charge is 2.05. The van der Waals surface area contributed by atoms with Crippen LogP contribution in [0.15, 0.2) is 47.4 Å². The highest BCUT2D eigenvalue weighted by molar-refractivity contribution is 7.98. The van der Waals surface area contributed by atoms with Crippen molar-refractivity contribution in [3.63, 3.8) is 0 Å². The molecule has 2 rings (SSSR count). The third kappa shape index (κ3) is 2.47. The molecule has 0 saturated heterocycles. The van der Waals surface area contributed by atoms with E-state index in [-0.39, 0.29) is 0 Å². The van der Waals surface area contributed by atoms with Gasteiger partial charge < -0.3 is 4.74 Å². The highest BCUT2D eigenvalue weighted by atomic mass is 32.2. The van der Waals surface area contributed by atoms with Crippen LogP contribution in [0.3, 0.4) is 0 Å². The van der Waals surface area contributed by atoms with Crippen LogP contribution in [-0.4, -0.2) is 13.4 Å². The molecular weight excluding hydrogens is 228 g/mol. The lowest BCUT2D eigenvalue weighted by atomic mass is 10.0. The summed E-state index contributed by atoms with van der Waals surface area (Å²) in [4.78, 5) is 1.30. The van der Waals surface area contributed by atoms with Crippen LogP contribution >= 0.6 is 11.8 Å². The van der Waals surface area contributed by atoms with Crippen molar-refractivity contribution in [1.29, 1.82) is 0 Å². The minimum Gasteiger partial charge on any atom is -0.496 e. The van der Waals surface area contributed by atoms with Crippen LogP contribution in [0.4, 0.5) is 0 Å². The van der Waals surface area contributed by atoms with Gasteiger partial charge in [0, 0.05) is 4.90 Å². The molecule has 0 radical (unpaired) electrons. The summed E-state index contributed by atoms with van der Waals surface area (Å²) in [6.45, 7) is 2.07. The van der Waals surface area contributed by atoms with Crippen molar-refractivity contribution in [3.8, 4) is 16.9 Å². The number of aryl methyl sites for hydroxylation is 1. The Morgan fingerprint density at radius 3 is 2.47 bits per heavy atom. The second-order valence-electron chi connectivity index (χ2n) is 3.88. The number of hydrogen-bond acceptors (Lipinski definition) is 2. The SMILES string of the molecule is COc1ccc(-c2ccccc2SC)cc1C. The van der Waals surface area contributed by atoms with Crippen molar-refractivity contribution in [2.45, 2.75) is 11.8 Å². The number of ether oxygens (including phenoxy) is 1. The van der Waals surface area contributed by atoms with E-state index in [9.17, 15) is 0 Å². The van der Waals surface area contributed by atoms with Crippen LogP contribution in [0.25, 0.3) is 11.1 Å². The average Bonchev–Trinajstić information content (AvgIpc) is 2.38. The zero-order valence-electron chi connectivity index (χ0n) is 10.4. The summed E-state index contributed by atoms with van der Waals surface area (Å²) in [6.07, 6.45) is 2.11. The zero-order chi connectivity index (χ0) is 12.3. The quantitative estimate of drug-likeness (QED) is 0.740. The summed E-state index contributed by atoms with van der Waals surface area (Å²) in [5.41, 5.74) is 3.69. The van der Waals surface area contributed by atoms with Gasteiger partial charge in [0.05, 0.1) is 7.11 Å². The summed E-state index contributed by atoms with van der Waals surface area (Å²) in [5, 5.41) is 0. The van der Waals surface area contributed by atoms with Crippen molar-refractivity contribution in [3.05, 3.63) is 48.0 Å². The lowest BCUT2D eigenvalue weighted by Gasteiger charge is -2.10. The molecule has 0 spiro atoms. The van der Waals surface area contributed by atoms with Gasteiger partial charge in [0.15, 0.2) is 0 Å². The van der Waals surface area contributed by atoms with Gasteiger partial charge in [-0.3, -0.25) is 0 Å². The number of benzene rings is 2. The fourth-order valence-corrected chi connectivity index (χ4v) is 2.55. The first kappa shape index (κ1) is 12.1. The fraction of sp³-hybridized carbons (Fsp3) is 0.200. The molecule has 0 atom stereocenters. The van der Waals surface area contributed by atoms with E-state index in [4.69, 9.17) is 4.74 Å². The third-order valence-electron chi connectivity index (χ3n) is 2.81. The molecule has 0 amide bonds. The van der Waals surface area contributed by atoms with Gasteiger partial charge in [-0.05, 0) is 48.1 Å². The van der Waals surface area contributed by atoms with E-state index in [1.165, 1.54) is 21.6 Å². The lowest BCUT2D eigenvalue weighted by molar-refractivity contribution is 0.412. The fourth-order valence-electron chi connectivity index (χ4n) is 1.93. The van der Waals surface area contributed by atoms with E-state index in [1.807, 2.05) is 6.07 Å². The van der Waals surface area contributed by atoms with E-state index < -0.39 is 0 Å². The Bertz CT molecular complexity index is 520. The molecule has 1 nitrogen and oxygen atoms in total. The molecule has 17 heavy (non-hydrogen) atoms. The number of hydrogen-bond donors (Lipinski definition) is 0. The Morgan fingerprint density at radius 2 is 1.82 bits per heavy atom. The molecule has 0 unspecified atom stereocenters. The molecule has 2 aromatic carbocycles. The number of thioether (sulfide) groups is 1. The molecular formula is C15H16OS. The first-order valence-electron chi connectivity index (χ1n) is 5.54. The molecule has 0 N–H and O–H groups in total. The summed E-state index contributed by atoms with van der Waals surface area (Å²) >= 11 is 1.77. The van der Waals surface area contributed by atoms with Gasteiger partial charge in [0.1, 0.15) is 5.75 Å². The Balaban J connectivity index is 2.49. The van der Waals surface area contributed by atoms with Crippen molar-refractivity contribution in [2.75, 3.05) is 13.4 Å². The van der Waals surface area contributed by atoms with Gasteiger partial charge >= 0.3 is 0 Å². The molecule has 0 bridgehead atoms. The normalized spacial score (nSPS) is 10.3. The molecule has 88 valence electrons. The molecule has 2 heteroatoms. The summed E-state index contributed by atoms with van der Waals surface area (Å²) < 4.78 is 5.29. The largest absolute Gasteiger partial charge is 0.496 e. The molecule has 0 aliphatic carbocycles. The number of rotatable bonds is 3. The molecule has 0 heterocycles. The van der Waals surface area contributed by atoms with E-state index in [0.717, 1.165) is 5.75 Å². The molecule has 0 aliphatic heterocycles. The van der Waals surface area contributed by atoms with Gasteiger partial charge in [-0.15, -0.1) is 11.8 Å². The minimum atomic E-state index is 0.940. The van der Waals surface area contributed by atoms with E-state index in [1.54, 1.807) is 18.9 Å². The maximum Gasteiger partial charge on any atom is 0.121 e. The van der Waals surface area contributed by atoms with Crippen LogP contribution in [-0.2, 0) is 0 Å². The summed E-state index contributed by atoms with van der Waals surface area (Å²) in [5.74, 6) is 0.940. The maximum absolute atomic E-state index is 5.29. The maximum atomic E-state index is 5.29. The monoisotopic (exact) mass is 244 g/mol. The van der Waals surface area contributed by atoms with E-state index >= 15 is 0 Å². The van der Waals surface area contributed by atoms with E-state index in [2.05, 4.69) is 49.6 Å². The van der Waals surface area contributed by atoms with E-state index in [0.29, 0.717) is 0 Å². The second-order valence-corrected chi connectivity index (χ2v) is 4.73. The van der Waals surface area contributed by atoms with Gasteiger partial charge in [0.25, 0.3) is 0 Å². The minimum absolute atomic E-state index is 0.940. The Hall–Kier alpha value is -1.41. The van der Waals surface area contributed by atoms with Gasteiger partial charge in [0.2, 0.25) is 0 Å². The van der Waals surface area contributed by atoms with Crippen molar-refractivity contribution in [1.82, 2.24) is 0 Å². The zero-order valence-corrected chi connectivity index (χ0v) is 11.2. The second kappa shape index (κ2) is 5.28. The predicted molar refractivity (Wildman–Crippen MR) is 74.9 cm³/mol. The van der Waals surface area contributed by atoms with Crippen LogP contribution in [0.2, 0.25) is 0 Å². The number of methoxy groups -OCH3 is 1. The summed E-state index contributed by atoms with van der Waals surface area (Å²) in [6, 6.07) is 14.8. The highest BCUT2D eigenvalue weighted by Crippen LogP contribution is 2.32.